The third kappa shape index (κ3) is 4.33. The molecule has 0 bridgehead atoms. The Hall–Kier alpha value is -1.81. The maximum atomic E-state index is 12.5. The Morgan fingerprint density at radius 1 is 0.952 bits per heavy atom. The Morgan fingerprint density at radius 2 is 1.52 bits per heavy atom. The first-order valence-electron chi connectivity index (χ1n) is 6.82. The summed E-state index contributed by atoms with van der Waals surface area (Å²) in [4.78, 5) is 0. The lowest BCUT2D eigenvalue weighted by Crippen LogP contribution is -2.18. The van der Waals surface area contributed by atoms with Crippen LogP contribution in [0.1, 0.15) is 35.2 Å². The molecule has 1 nitrogen and oxygen atoms in total. The highest BCUT2D eigenvalue weighted by Gasteiger charge is 2.30. The van der Waals surface area contributed by atoms with Gasteiger partial charge in [-0.3, -0.25) is 0 Å². The molecule has 0 saturated heterocycles. The fraction of sp³-hybridized carbons (Fsp3) is 0.294. The van der Waals surface area contributed by atoms with Crippen molar-refractivity contribution in [2.45, 2.75) is 32.6 Å². The second-order valence-corrected chi connectivity index (χ2v) is 5.21. The summed E-state index contributed by atoms with van der Waals surface area (Å²) in [6.45, 7) is 4.65. The molecule has 2 aromatic carbocycles. The zero-order chi connectivity index (χ0) is 15.5. The molecule has 2 aromatic rings. The lowest BCUT2D eigenvalue weighted by atomic mass is 10.1. The normalized spacial score (nSPS) is 13.2. The summed E-state index contributed by atoms with van der Waals surface area (Å²) in [5.41, 5.74) is 2.58. The number of halogens is 3. The molecular formula is C17H18F3N. The van der Waals surface area contributed by atoms with Crippen molar-refractivity contribution in [1.82, 2.24) is 5.32 Å². The van der Waals surface area contributed by atoms with Crippen molar-refractivity contribution in [3.05, 3.63) is 70.8 Å². The molecule has 0 heterocycles. The molecule has 1 atom stereocenters. The SMILES string of the molecule is Cc1ccc(CNC(C)c2ccc(C(F)(F)F)cc2)cc1. The van der Waals surface area contributed by atoms with Crippen LogP contribution in [-0.4, -0.2) is 0 Å². The minimum absolute atomic E-state index is 0.00594. The first-order chi connectivity index (χ1) is 9.86. The predicted octanol–water partition coefficient (Wildman–Crippen LogP) is 4.86. The third-order valence-electron chi connectivity index (χ3n) is 3.47. The van der Waals surface area contributed by atoms with Gasteiger partial charge in [0.25, 0.3) is 0 Å². The number of rotatable bonds is 4. The Balaban J connectivity index is 1.97. The minimum Gasteiger partial charge on any atom is -0.306 e. The Kier molecular flexibility index (Phi) is 4.68. The highest BCUT2D eigenvalue weighted by molar-refractivity contribution is 5.27. The van der Waals surface area contributed by atoms with E-state index in [-0.39, 0.29) is 6.04 Å². The van der Waals surface area contributed by atoms with Crippen LogP contribution in [0.4, 0.5) is 13.2 Å². The molecule has 1 unspecified atom stereocenters. The van der Waals surface area contributed by atoms with Gasteiger partial charge in [0.2, 0.25) is 0 Å². The number of benzene rings is 2. The molecule has 112 valence electrons. The fourth-order valence-corrected chi connectivity index (χ4v) is 2.06. The zero-order valence-corrected chi connectivity index (χ0v) is 12.0. The predicted molar refractivity (Wildman–Crippen MR) is 77.9 cm³/mol. The van der Waals surface area contributed by atoms with Crippen molar-refractivity contribution in [3.8, 4) is 0 Å². The Labute approximate surface area is 122 Å². The maximum absolute atomic E-state index is 12.5. The first-order valence-corrected chi connectivity index (χ1v) is 6.82. The molecule has 2 rings (SSSR count). The van der Waals surface area contributed by atoms with Crippen LogP contribution < -0.4 is 5.32 Å². The van der Waals surface area contributed by atoms with E-state index in [0.717, 1.165) is 23.3 Å². The van der Waals surface area contributed by atoms with Crippen LogP contribution in [0.25, 0.3) is 0 Å². The molecule has 4 heteroatoms. The van der Waals surface area contributed by atoms with Crippen molar-refractivity contribution in [1.29, 1.82) is 0 Å². The van der Waals surface area contributed by atoms with Crippen LogP contribution in [0.15, 0.2) is 48.5 Å². The molecule has 0 aliphatic carbocycles. The van der Waals surface area contributed by atoms with Crippen molar-refractivity contribution < 1.29 is 13.2 Å². The van der Waals surface area contributed by atoms with E-state index in [2.05, 4.69) is 5.32 Å². The second-order valence-electron chi connectivity index (χ2n) is 5.21. The summed E-state index contributed by atoms with van der Waals surface area (Å²) < 4.78 is 37.5. The van der Waals surface area contributed by atoms with Gasteiger partial charge in [0.05, 0.1) is 5.56 Å². The van der Waals surface area contributed by atoms with E-state index in [0.29, 0.717) is 6.54 Å². The highest BCUT2D eigenvalue weighted by Crippen LogP contribution is 2.29. The number of hydrogen-bond acceptors (Lipinski definition) is 1. The number of aryl methyl sites for hydroxylation is 1. The van der Waals surface area contributed by atoms with Crippen LogP contribution in [-0.2, 0) is 12.7 Å². The summed E-state index contributed by atoms with van der Waals surface area (Å²) in [6, 6.07) is 13.5. The summed E-state index contributed by atoms with van der Waals surface area (Å²) in [6.07, 6.45) is -4.28. The van der Waals surface area contributed by atoms with Gasteiger partial charge in [0, 0.05) is 12.6 Å². The van der Waals surface area contributed by atoms with E-state index >= 15 is 0 Å². The molecule has 0 amide bonds. The highest BCUT2D eigenvalue weighted by atomic mass is 19.4. The van der Waals surface area contributed by atoms with Gasteiger partial charge >= 0.3 is 6.18 Å². The van der Waals surface area contributed by atoms with Crippen molar-refractivity contribution in [2.24, 2.45) is 0 Å². The Morgan fingerprint density at radius 3 is 2.05 bits per heavy atom. The van der Waals surface area contributed by atoms with Gasteiger partial charge in [-0.15, -0.1) is 0 Å². The molecule has 21 heavy (non-hydrogen) atoms. The van der Waals surface area contributed by atoms with E-state index in [1.807, 2.05) is 38.1 Å². The van der Waals surface area contributed by atoms with E-state index in [9.17, 15) is 13.2 Å². The average Bonchev–Trinajstić information content (AvgIpc) is 2.45. The fourth-order valence-electron chi connectivity index (χ4n) is 2.06. The van der Waals surface area contributed by atoms with Crippen LogP contribution in [0.2, 0.25) is 0 Å². The summed E-state index contributed by atoms with van der Waals surface area (Å²) in [5, 5.41) is 3.31. The van der Waals surface area contributed by atoms with Gasteiger partial charge in [-0.1, -0.05) is 42.0 Å². The monoisotopic (exact) mass is 293 g/mol. The first kappa shape index (κ1) is 15.6. The van der Waals surface area contributed by atoms with Crippen LogP contribution in [0, 0.1) is 6.92 Å². The van der Waals surface area contributed by atoms with Gasteiger partial charge < -0.3 is 5.32 Å². The molecule has 0 saturated carbocycles. The second kappa shape index (κ2) is 6.31. The number of hydrogen-bond donors (Lipinski definition) is 1. The molecule has 1 N–H and O–H groups in total. The van der Waals surface area contributed by atoms with Gasteiger partial charge in [0.1, 0.15) is 0 Å². The van der Waals surface area contributed by atoms with Crippen LogP contribution >= 0.6 is 0 Å². The molecule has 0 radical (unpaired) electrons. The molecule has 0 fully saturated rings. The molecular weight excluding hydrogens is 275 g/mol. The van der Waals surface area contributed by atoms with Gasteiger partial charge in [-0.2, -0.15) is 13.2 Å². The van der Waals surface area contributed by atoms with Crippen molar-refractivity contribution >= 4 is 0 Å². The zero-order valence-electron chi connectivity index (χ0n) is 12.0. The third-order valence-corrected chi connectivity index (χ3v) is 3.47. The smallest absolute Gasteiger partial charge is 0.306 e. The van der Waals surface area contributed by atoms with Crippen LogP contribution in [0.3, 0.4) is 0 Å². The Bertz CT molecular complexity index is 570. The average molecular weight is 293 g/mol. The molecule has 0 aromatic heterocycles. The quantitative estimate of drug-likeness (QED) is 0.848. The van der Waals surface area contributed by atoms with Crippen LogP contribution in [0.5, 0.6) is 0 Å². The maximum Gasteiger partial charge on any atom is 0.416 e. The minimum atomic E-state index is -4.28. The van der Waals surface area contributed by atoms with Gasteiger partial charge in [-0.25, -0.2) is 0 Å². The van der Waals surface area contributed by atoms with E-state index in [1.54, 1.807) is 0 Å². The lowest BCUT2D eigenvalue weighted by Gasteiger charge is -2.15. The van der Waals surface area contributed by atoms with E-state index in [1.165, 1.54) is 17.7 Å². The van der Waals surface area contributed by atoms with E-state index < -0.39 is 11.7 Å². The standard InChI is InChI=1S/C17H18F3N/c1-12-3-5-14(6-4-12)11-21-13(2)15-7-9-16(10-8-15)17(18,19)20/h3-10,13,21H,11H2,1-2H3. The van der Waals surface area contributed by atoms with Gasteiger partial charge in [0.15, 0.2) is 0 Å². The lowest BCUT2D eigenvalue weighted by molar-refractivity contribution is -0.137. The summed E-state index contributed by atoms with van der Waals surface area (Å²) in [5.74, 6) is 0. The largest absolute Gasteiger partial charge is 0.416 e. The van der Waals surface area contributed by atoms with Crippen molar-refractivity contribution in [3.63, 3.8) is 0 Å². The van der Waals surface area contributed by atoms with E-state index in [4.69, 9.17) is 0 Å². The van der Waals surface area contributed by atoms with Gasteiger partial charge in [-0.05, 0) is 37.1 Å². The summed E-state index contributed by atoms with van der Waals surface area (Å²) >= 11 is 0. The number of alkyl halides is 3. The van der Waals surface area contributed by atoms with Crippen molar-refractivity contribution in [2.75, 3.05) is 0 Å². The number of nitrogens with one attached hydrogen (secondary N) is 1. The molecule has 0 aliphatic rings. The molecule has 0 aliphatic heterocycles. The molecule has 0 spiro atoms. The topological polar surface area (TPSA) is 12.0 Å². The summed E-state index contributed by atoms with van der Waals surface area (Å²) in [7, 11) is 0.